The molecule has 4 heteroatoms. The van der Waals surface area contributed by atoms with Crippen molar-refractivity contribution in [1.82, 2.24) is 0 Å². The Kier molecular flexibility index (Phi) is 2.81. The predicted octanol–water partition coefficient (Wildman–Crippen LogP) is 1.75. The summed E-state index contributed by atoms with van der Waals surface area (Å²) < 4.78 is 5.00. The molecule has 66 valence electrons. The van der Waals surface area contributed by atoms with E-state index < -0.39 is 0 Å². The van der Waals surface area contributed by atoms with Gasteiger partial charge >= 0.3 is 0 Å². The van der Waals surface area contributed by atoms with Crippen LogP contribution in [-0.4, -0.2) is 7.11 Å². The number of hydrogen-bond acceptors (Lipinski definition) is 3. The molecule has 0 aliphatic rings. The van der Waals surface area contributed by atoms with Gasteiger partial charge in [0.1, 0.15) is 5.75 Å². The van der Waals surface area contributed by atoms with E-state index in [0.717, 1.165) is 5.56 Å². The Bertz CT molecular complexity index is 260. The van der Waals surface area contributed by atoms with Gasteiger partial charge < -0.3 is 16.2 Å². The molecule has 0 radical (unpaired) electrons. The topological polar surface area (TPSA) is 61.3 Å². The van der Waals surface area contributed by atoms with Crippen LogP contribution in [0.5, 0.6) is 5.75 Å². The molecule has 0 unspecified atom stereocenters. The van der Waals surface area contributed by atoms with Gasteiger partial charge in [0.25, 0.3) is 0 Å². The van der Waals surface area contributed by atoms with Gasteiger partial charge in [-0.1, -0.05) is 22.0 Å². The van der Waals surface area contributed by atoms with E-state index in [9.17, 15) is 0 Å². The number of nitrogens with two attached hydrogens (primary N) is 2. The maximum Gasteiger partial charge on any atom is 0.143 e. The third kappa shape index (κ3) is 1.48. The summed E-state index contributed by atoms with van der Waals surface area (Å²) >= 11 is 3.31. The van der Waals surface area contributed by atoms with Crippen molar-refractivity contribution >= 4 is 27.3 Å². The Morgan fingerprint density at radius 3 is 2.50 bits per heavy atom. The van der Waals surface area contributed by atoms with Crippen LogP contribution >= 0.6 is 15.9 Å². The van der Waals surface area contributed by atoms with E-state index in [4.69, 9.17) is 16.2 Å². The molecule has 0 bridgehead atoms. The highest BCUT2D eigenvalue weighted by Gasteiger charge is 2.06. The highest BCUT2D eigenvalue weighted by molar-refractivity contribution is 9.08. The molecule has 0 spiro atoms. The molecule has 0 aliphatic carbocycles. The van der Waals surface area contributed by atoms with Crippen LogP contribution in [0.2, 0.25) is 0 Å². The smallest absolute Gasteiger partial charge is 0.143 e. The Hall–Kier alpha value is -0.900. The number of anilines is 2. The Labute approximate surface area is 79.8 Å². The average molecular weight is 231 g/mol. The number of ether oxygens (including phenoxy) is 1. The summed E-state index contributed by atoms with van der Waals surface area (Å²) in [6, 6.07) is 3.70. The normalized spacial score (nSPS) is 9.83. The van der Waals surface area contributed by atoms with Crippen LogP contribution in [0.1, 0.15) is 5.56 Å². The first-order valence-corrected chi connectivity index (χ1v) is 4.59. The quantitative estimate of drug-likeness (QED) is 0.602. The molecule has 0 amide bonds. The minimum absolute atomic E-state index is 0.509. The number of benzene rings is 1. The first-order valence-electron chi connectivity index (χ1n) is 3.47. The van der Waals surface area contributed by atoms with Crippen LogP contribution in [0.4, 0.5) is 11.4 Å². The van der Waals surface area contributed by atoms with Crippen molar-refractivity contribution in [3.63, 3.8) is 0 Å². The molecule has 0 saturated carbocycles. The van der Waals surface area contributed by atoms with Gasteiger partial charge in [-0.05, 0) is 11.6 Å². The third-order valence-electron chi connectivity index (χ3n) is 1.70. The monoisotopic (exact) mass is 230 g/mol. The van der Waals surface area contributed by atoms with E-state index in [1.54, 1.807) is 7.11 Å². The molecule has 1 aromatic rings. The number of halogens is 1. The summed E-state index contributed by atoms with van der Waals surface area (Å²) in [5.74, 6) is 0.622. The van der Waals surface area contributed by atoms with Crippen LogP contribution in [0.3, 0.4) is 0 Å². The Balaban J connectivity index is 3.20. The minimum Gasteiger partial charge on any atom is -0.495 e. The molecule has 1 aromatic carbocycles. The van der Waals surface area contributed by atoms with Gasteiger partial charge in [0.15, 0.2) is 0 Å². The van der Waals surface area contributed by atoms with E-state index in [0.29, 0.717) is 22.5 Å². The summed E-state index contributed by atoms with van der Waals surface area (Å²) in [6.45, 7) is 0. The van der Waals surface area contributed by atoms with Crippen LogP contribution in [0.15, 0.2) is 12.1 Å². The summed E-state index contributed by atoms with van der Waals surface area (Å²) in [5.41, 5.74) is 13.5. The predicted molar refractivity (Wildman–Crippen MR) is 54.4 cm³/mol. The lowest BCUT2D eigenvalue weighted by molar-refractivity contribution is 0.417. The van der Waals surface area contributed by atoms with Crippen molar-refractivity contribution in [3.8, 4) is 5.75 Å². The Morgan fingerprint density at radius 2 is 2.00 bits per heavy atom. The highest BCUT2D eigenvalue weighted by Crippen LogP contribution is 2.31. The number of alkyl halides is 1. The van der Waals surface area contributed by atoms with Crippen molar-refractivity contribution in [2.75, 3.05) is 18.6 Å². The molecule has 12 heavy (non-hydrogen) atoms. The van der Waals surface area contributed by atoms with E-state index in [-0.39, 0.29) is 0 Å². The molecule has 4 N–H and O–H groups in total. The van der Waals surface area contributed by atoms with Gasteiger partial charge in [-0.15, -0.1) is 0 Å². The fourth-order valence-electron chi connectivity index (χ4n) is 0.956. The van der Waals surface area contributed by atoms with Gasteiger partial charge in [-0.3, -0.25) is 0 Å². The lowest BCUT2D eigenvalue weighted by Gasteiger charge is -2.09. The van der Waals surface area contributed by atoms with E-state index in [1.165, 1.54) is 0 Å². The molecule has 0 saturated heterocycles. The number of rotatable bonds is 2. The zero-order valence-electron chi connectivity index (χ0n) is 6.80. The van der Waals surface area contributed by atoms with Gasteiger partial charge in [-0.25, -0.2) is 0 Å². The maximum atomic E-state index is 5.73. The lowest BCUT2D eigenvalue weighted by atomic mass is 10.1. The zero-order valence-corrected chi connectivity index (χ0v) is 8.39. The van der Waals surface area contributed by atoms with Crippen molar-refractivity contribution in [3.05, 3.63) is 17.7 Å². The summed E-state index contributed by atoms with van der Waals surface area (Å²) in [4.78, 5) is 0. The molecular formula is C8H11BrN2O. The number of methoxy groups -OCH3 is 1. The fraction of sp³-hybridized carbons (Fsp3) is 0.250. The summed E-state index contributed by atoms with van der Waals surface area (Å²) in [6.07, 6.45) is 0. The van der Waals surface area contributed by atoms with Gasteiger partial charge in [0.05, 0.1) is 18.5 Å². The van der Waals surface area contributed by atoms with Gasteiger partial charge in [0.2, 0.25) is 0 Å². The molecule has 0 atom stereocenters. The molecule has 1 rings (SSSR count). The van der Waals surface area contributed by atoms with Gasteiger partial charge in [-0.2, -0.15) is 0 Å². The first kappa shape index (κ1) is 9.19. The SMILES string of the molecule is COc1ccc(CBr)c(N)c1N. The maximum absolute atomic E-state index is 5.73. The molecule has 0 heterocycles. The summed E-state index contributed by atoms with van der Waals surface area (Å²) in [5, 5.41) is 0.701. The van der Waals surface area contributed by atoms with Crippen molar-refractivity contribution in [2.24, 2.45) is 0 Å². The molecule has 3 nitrogen and oxygen atoms in total. The summed E-state index contributed by atoms with van der Waals surface area (Å²) in [7, 11) is 1.57. The second kappa shape index (κ2) is 3.67. The average Bonchev–Trinajstić information content (AvgIpc) is 2.10. The minimum atomic E-state index is 0.509. The van der Waals surface area contributed by atoms with Crippen molar-refractivity contribution in [2.45, 2.75) is 5.33 Å². The van der Waals surface area contributed by atoms with E-state index >= 15 is 0 Å². The highest BCUT2D eigenvalue weighted by atomic mass is 79.9. The van der Waals surface area contributed by atoms with Crippen molar-refractivity contribution < 1.29 is 4.74 Å². The lowest BCUT2D eigenvalue weighted by Crippen LogP contribution is -2.01. The number of nitrogen functional groups attached to an aromatic ring is 2. The van der Waals surface area contributed by atoms with E-state index in [2.05, 4.69) is 15.9 Å². The third-order valence-corrected chi connectivity index (χ3v) is 2.31. The van der Waals surface area contributed by atoms with Crippen LogP contribution in [0, 0.1) is 0 Å². The standard InChI is InChI=1S/C8H11BrN2O/c1-12-6-3-2-5(4-9)7(10)8(6)11/h2-3H,4,10-11H2,1H3. The number of hydrogen-bond donors (Lipinski definition) is 2. The van der Waals surface area contributed by atoms with E-state index in [1.807, 2.05) is 12.1 Å². The first-order chi connectivity index (χ1) is 5.70. The fourth-order valence-corrected chi connectivity index (χ4v) is 1.45. The molecular weight excluding hydrogens is 220 g/mol. The van der Waals surface area contributed by atoms with Crippen molar-refractivity contribution in [1.29, 1.82) is 0 Å². The second-order valence-electron chi connectivity index (χ2n) is 2.39. The van der Waals surface area contributed by atoms with Crippen LogP contribution in [-0.2, 0) is 5.33 Å². The zero-order chi connectivity index (χ0) is 9.14. The molecule has 0 fully saturated rings. The Morgan fingerprint density at radius 1 is 1.33 bits per heavy atom. The van der Waals surface area contributed by atoms with Crippen LogP contribution in [0.25, 0.3) is 0 Å². The molecule has 0 aliphatic heterocycles. The van der Waals surface area contributed by atoms with Crippen LogP contribution < -0.4 is 16.2 Å². The van der Waals surface area contributed by atoms with Gasteiger partial charge in [0, 0.05) is 5.33 Å². The second-order valence-corrected chi connectivity index (χ2v) is 2.95. The largest absolute Gasteiger partial charge is 0.495 e. The molecule has 0 aromatic heterocycles.